The number of anilines is 3. The molecule has 0 atom stereocenters. The third kappa shape index (κ3) is 5.90. The van der Waals surface area contributed by atoms with Gasteiger partial charge in [0.25, 0.3) is 19.4 Å². The maximum atomic E-state index is 13.7. The smallest absolute Gasteiger partial charge is 0.327 e. The monoisotopic (exact) mass is 545 g/mol. The van der Waals surface area contributed by atoms with Crippen LogP contribution in [0.5, 0.6) is 0 Å². The summed E-state index contributed by atoms with van der Waals surface area (Å²) in [6.45, 7) is 4.55. The Morgan fingerprint density at radius 1 is 1.21 bits per heavy atom. The highest BCUT2D eigenvalue weighted by Crippen LogP contribution is 2.41. The zero-order chi connectivity index (χ0) is 28.2. The number of nitrogens with zero attached hydrogens (tertiary/aromatic N) is 5. The van der Waals surface area contributed by atoms with Crippen molar-refractivity contribution < 1.29 is 33.4 Å². The van der Waals surface area contributed by atoms with Crippen molar-refractivity contribution in [1.29, 1.82) is 0 Å². The van der Waals surface area contributed by atoms with Gasteiger partial charge in [-0.05, 0) is 38.3 Å². The van der Waals surface area contributed by atoms with Crippen molar-refractivity contribution in [3.63, 3.8) is 0 Å². The molecule has 3 aromatic heterocycles. The predicted molar refractivity (Wildman–Crippen MR) is 139 cm³/mol. The SMILES string of the molecule is Cc1cn2cc(NC(=O)N3CCc4c(N5CCNC6(CC6)C5)ccnc43)c(C(F)F)cc2n1.O=CO.O=CO. The predicted octanol–water partition coefficient (Wildman–Crippen LogP) is 2.91. The molecule has 1 aliphatic carbocycles. The standard InChI is InChI=1S/C23H25F2N7O.2CH2O2/c1-14-11-31-12-17(16(20(24)25)10-19(31)28-14)29-22(33)32-8-3-15-18(2-6-26-21(15)32)30-9-7-27-23(13-30)4-5-23;2*2-1-3/h2,6,10-12,20,27H,3-5,7-9,13H2,1H3,(H,29,33);2*1H,(H,2,3). The van der Waals surface area contributed by atoms with Crippen LogP contribution in [0.25, 0.3) is 5.65 Å². The molecule has 0 radical (unpaired) electrons. The van der Waals surface area contributed by atoms with Gasteiger partial charge in [0.1, 0.15) is 11.5 Å². The van der Waals surface area contributed by atoms with E-state index in [1.54, 1.807) is 28.6 Å². The third-order valence-electron chi connectivity index (χ3n) is 6.89. The van der Waals surface area contributed by atoms with Crippen molar-refractivity contribution in [2.75, 3.05) is 41.3 Å². The van der Waals surface area contributed by atoms with Crippen LogP contribution in [-0.2, 0) is 16.0 Å². The number of nitrogens with one attached hydrogen (secondary N) is 2. The molecule has 1 spiro atoms. The third-order valence-corrected chi connectivity index (χ3v) is 6.89. The molecule has 0 aromatic carbocycles. The zero-order valence-corrected chi connectivity index (χ0v) is 21.2. The van der Waals surface area contributed by atoms with E-state index in [-0.39, 0.29) is 29.7 Å². The molecule has 4 N–H and O–H groups in total. The molecule has 2 aliphatic heterocycles. The number of pyridine rings is 2. The lowest BCUT2D eigenvalue weighted by Crippen LogP contribution is -2.52. The van der Waals surface area contributed by atoms with Crippen molar-refractivity contribution in [3.8, 4) is 0 Å². The summed E-state index contributed by atoms with van der Waals surface area (Å²) in [6, 6.07) is 2.88. The Morgan fingerprint density at radius 2 is 1.92 bits per heavy atom. The number of alkyl halides is 2. The molecule has 6 rings (SSSR count). The second-order valence-electron chi connectivity index (χ2n) is 9.39. The summed E-state index contributed by atoms with van der Waals surface area (Å²) in [4.78, 5) is 42.6. The average molecular weight is 546 g/mol. The van der Waals surface area contributed by atoms with Crippen molar-refractivity contribution in [3.05, 3.63) is 47.5 Å². The Bertz CT molecular complexity index is 1360. The maximum Gasteiger partial charge on any atom is 0.327 e. The van der Waals surface area contributed by atoms with E-state index in [0.717, 1.165) is 30.9 Å². The number of hydrogen-bond acceptors (Lipinski definition) is 7. The van der Waals surface area contributed by atoms with E-state index >= 15 is 0 Å². The Hall–Kier alpha value is -4.33. The quantitative estimate of drug-likeness (QED) is 0.364. The minimum atomic E-state index is -2.74. The lowest BCUT2D eigenvalue weighted by molar-refractivity contribution is -0.123. The van der Waals surface area contributed by atoms with Gasteiger partial charge in [0, 0.05) is 67.1 Å². The largest absolute Gasteiger partial charge is 0.483 e. The number of aryl methyl sites for hydroxylation is 1. The fraction of sp³-hybridized carbons (Fsp3) is 0.400. The number of rotatable bonds is 3. The highest BCUT2D eigenvalue weighted by Gasteiger charge is 2.46. The normalized spacial score (nSPS) is 16.6. The minimum Gasteiger partial charge on any atom is -0.483 e. The highest BCUT2D eigenvalue weighted by atomic mass is 19.3. The van der Waals surface area contributed by atoms with Crippen LogP contribution in [0, 0.1) is 6.92 Å². The van der Waals surface area contributed by atoms with Crippen LogP contribution >= 0.6 is 0 Å². The van der Waals surface area contributed by atoms with Gasteiger partial charge in [-0.1, -0.05) is 0 Å². The lowest BCUT2D eigenvalue weighted by atomic mass is 10.1. The lowest BCUT2D eigenvalue weighted by Gasteiger charge is -2.36. The fourth-order valence-corrected chi connectivity index (χ4v) is 5.06. The van der Waals surface area contributed by atoms with Gasteiger partial charge in [0.2, 0.25) is 0 Å². The Kier molecular flexibility index (Phi) is 8.24. The zero-order valence-electron chi connectivity index (χ0n) is 21.2. The van der Waals surface area contributed by atoms with Crippen molar-refractivity contribution in [1.82, 2.24) is 19.7 Å². The Labute approximate surface area is 222 Å². The molecule has 2 amide bonds. The molecule has 12 nitrogen and oxygen atoms in total. The van der Waals surface area contributed by atoms with Crippen molar-refractivity contribution in [2.45, 2.75) is 38.2 Å². The highest BCUT2D eigenvalue weighted by molar-refractivity contribution is 6.03. The van der Waals surface area contributed by atoms with E-state index in [4.69, 9.17) is 19.8 Å². The van der Waals surface area contributed by atoms with Crippen molar-refractivity contribution in [2.24, 2.45) is 0 Å². The van der Waals surface area contributed by atoms with E-state index in [2.05, 4.69) is 25.5 Å². The number of carbonyl (C=O) groups is 3. The molecule has 5 heterocycles. The van der Waals surface area contributed by atoms with Crippen LogP contribution in [0.15, 0.2) is 30.7 Å². The van der Waals surface area contributed by atoms with E-state index in [9.17, 15) is 13.6 Å². The molecular formula is C25H29F2N7O5. The topological polar surface area (TPSA) is 152 Å². The summed E-state index contributed by atoms with van der Waals surface area (Å²) in [7, 11) is 0. The van der Waals surface area contributed by atoms with Gasteiger partial charge in [-0.25, -0.2) is 23.5 Å². The molecule has 39 heavy (non-hydrogen) atoms. The summed E-state index contributed by atoms with van der Waals surface area (Å²) >= 11 is 0. The van der Waals surface area contributed by atoms with Gasteiger partial charge in [-0.2, -0.15) is 0 Å². The first-order chi connectivity index (χ1) is 18.8. The van der Waals surface area contributed by atoms with E-state index < -0.39 is 12.5 Å². The van der Waals surface area contributed by atoms with Crippen LogP contribution in [0.1, 0.15) is 36.1 Å². The number of halogens is 2. The fourth-order valence-electron chi connectivity index (χ4n) is 5.06. The number of fused-ring (bicyclic) bond motifs is 2. The summed E-state index contributed by atoms with van der Waals surface area (Å²) in [5.74, 6) is 0.603. The van der Waals surface area contributed by atoms with Gasteiger partial charge in [0.05, 0.1) is 11.4 Å². The second kappa shape index (κ2) is 11.6. The van der Waals surface area contributed by atoms with Gasteiger partial charge < -0.3 is 30.1 Å². The molecule has 208 valence electrons. The van der Waals surface area contributed by atoms with E-state index in [0.29, 0.717) is 30.1 Å². The van der Waals surface area contributed by atoms with Gasteiger partial charge in [0.15, 0.2) is 0 Å². The number of amides is 2. The molecule has 1 saturated heterocycles. The van der Waals surface area contributed by atoms with Gasteiger partial charge >= 0.3 is 6.03 Å². The van der Waals surface area contributed by atoms with Crippen LogP contribution in [0.3, 0.4) is 0 Å². The summed E-state index contributed by atoms with van der Waals surface area (Å²) in [5, 5.41) is 20.1. The molecule has 3 aliphatic rings. The number of carbonyl (C=O) groups excluding carboxylic acids is 1. The molecule has 0 bridgehead atoms. The average Bonchev–Trinajstić information content (AvgIpc) is 3.32. The number of carboxylic acid groups (broad SMARTS) is 2. The molecule has 2 fully saturated rings. The van der Waals surface area contributed by atoms with E-state index in [1.807, 2.05) is 6.07 Å². The molecule has 1 saturated carbocycles. The van der Waals surface area contributed by atoms with Crippen LogP contribution in [-0.4, -0.2) is 75.3 Å². The van der Waals surface area contributed by atoms with Gasteiger partial charge in [-0.3, -0.25) is 14.5 Å². The first-order valence-corrected chi connectivity index (χ1v) is 12.3. The van der Waals surface area contributed by atoms with Crippen LogP contribution < -0.4 is 20.4 Å². The summed E-state index contributed by atoms with van der Waals surface area (Å²) in [6.07, 6.45) is 5.29. The molecule has 0 unspecified atom stereocenters. The second-order valence-corrected chi connectivity index (χ2v) is 9.39. The number of imidazole rings is 1. The summed E-state index contributed by atoms with van der Waals surface area (Å²) < 4.78 is 29.1. The Morgan fingerprint density at radius 3 is 2.59 bits per heavy atom. The first-order valence-electron chi connectivity index (χ1n) is 12.3. The Balaban J connectivity index is 0.000000541. The van der Waals surface area contributed by atoms with Crippen LogP contribution in [0.4, 0.5) is 30.8 Å². The number of hydrogen-bond donors (Lipinski definition) is 4. The summed E-state index contributed by atoms with van der Waals surface area (Å²) in [5.41, 5.74) is 3.35. The first kappa shape index (κ1) is 27.7. The van der Waals surface area contributed by atoms with Gasteiger partial charge in [-0.15, -0.1) is 0 Å². The molecular weight excluding hydrogens is 516 g/mol. The minimum absolute atomic E-state index is 0.0716. The van der Waals surface area contributed by atoms with E-state index in [1.165, 1.54) is 25.1 Å². The molecule has 3 aromatic rings. The van der Waals surface area contributed by atoms with Crippen LogP contribution in [0.2, 0.25) is 0 Å². The number of piperazine rings is 1. The number of aromatic nitrogens is 3. The van der Waals surface area contributed by atoms with Crippen molar-refractivity contribution >= 4 is 41.8 Å². The number of urea groups is 1. The molecule has 14 heteroatoms. The maximum absolute atomic E-state index is 13.7.